The third kappa shape index (κ3) is 1.72. The predicted octanol–water partition coefficient (Wildman–Crippen LogP) is 1.12. The first kappa shape index (κ1) is 6.62. The largest absolute Gasteiger partial charge is 0.313 e. The van der Waals surface area contributed by atoms with Crippen molar-refractivity contribution in [3.63, 3.8) is 0 Å². The summed E-state index contributed by atoms with van der Waals surface area (Å²) >= 11 is 0. The predicted molar refractivity (Wildman–Crippen MR) is 38.8 cm³/mol. The van der Waals surface area contributed by atoms with Crippen LogP contribution in [0.5, 0.6) is 0 Å². The third-order valence-electron chi connectivity index (χ3n) is 1.57. The molecular formula is C7H14N2. The molecule has 0 spiro atoms. The summed E-state index contributed by atoms with van der Waals surface area (Å²) in [4.78, 5) is 0. The summed E-state index contributed by atoms with van der Waals surface area (Å²) in [5.74, 6) is 0. The zero-order valence-corrected chi connectivity index (χ0v) is 5.98. The molecule has 0 radical (unpaired) electrons. The molecule has 2 heteroatoms. The van der Waals surface area contributed by atoms with Gasteiger partial charge in [-0.05, 0) is 19.8 Å². The van der Waals surface area contributed by atoms with E-state index in [9.17, 15) is 0 Å². The van der Waals surface area contributed by atoms with Crippen LogP contribution in [0.2, 0.25) is 0 Å². The minimum Gasteiger partial charge on any atom is -0.313 e. The van der Waals surface area contributed by atoms with Gasteiger partial charge in [-0.2, -0.15) is 0 Å². The zero-order chi connectivity index (χ0) is 6.69. The smallest absolute Gasteiger partial charge is 0.0341 e. The van der Waals surface area contributed by atoms with Crippen molar-refractivity contribution < 1.29 is 0 Å². The summed E-state index contributed by atoms with van der Waals surface area (Å²) in [6.07, 6.45) is 2.59. The lowest BCUT2D eigenvalue weighted by atomic mass is 10.2. The van der Waals surface area contributed by atoms with E-state index in [-0.39, 0.29) is 0 Å². The molecule has 1 aliphatic rings. The molecule has 2 nitrogen and oxygen atoms in total. The van der Waals surface area contributed by atoms with E-state index in [0.717, 1.165) is 18.8 Å². The molecule has 1 saturated heterocycles. The molecule has 1 rings (SSSR count). The van der Waals surface area contributed by atoms with Crippen LogP contribution in [0.25, 0.3) is 0 Å². The van der Waals surface area contributed by atoms with Crippen LogP contribution in [-0.2, 0) is 0 Å². The van der Waals surface area contributed by atoms with Gasteiger partial charge in [-0.3, -0.25) is 0 Å². The van der Waals surface area contributed by atoms with Crippen molar-refractivity contribution >= 4 is 0 Å². The average molecular weight is 126 g/mol. The SMILES string of the molecule is C=C(C)N1CCCCN1. The van der Waals surface area contributed by atoms with Gasteiger partial charge in [-0.25, -0.2) is 5.43 Å². The molecule has 1 fully saturated rings. The van der Waals surface area contributed by atoms with Crippen molar-refractivity contribution in [1.29, 1.82) is 0 Å². The van der Waals surface area contributed by atoms with Crippen LogP contribution in [0.4, 0.5) is 0 Å². The van der Waals surface area contributed by atoms with Gasteiger partial charge in [-0.15, -0.1) is 0 Å². The molecule has 1 aliphatic heterocycles. The Labute approximate surface area is 56.5 Å². The average Bonchev–Trinajstić information content (AvgIpc) is 1.90. The number of hydrogen-bond donors (Lipinski definition) is 1. The maximum atomic E-state index is 3.84. The first-order chi connectivity index (χ1) is 4.30. The van der Waals surface area contributed by atoms with Crippen LogP contribution >= 0.6 is 0 Å². The fourth-order valence-electron chi connectivity index (χ4n) is 1.01. The normalized spacial score (nSPS) is 19.9. The topological polar surface area (TPSA) is 15.3 Å². The molecule has 9 heavy (non-hydrogen) atoms. The Kier molecular flexibility index (Phi) is 2.11. The highest BCUT2D eigenvalue weighted by Crippen LogP contribution is 2.03. The second kappa shape index (κ2) is 2.87. The minimum absolute atomic E-state index is 1.10. The number of hydrogen-bond acceptors (Lipinski definition) is 2. The van der Waals surface area contributed by atoms with Gasteiger partial charge >= 0.3 is 0 Å². The molecule has 0 aromatic rings. The van der Waals surface area contributed by atoms with Crippen LogP contribution in [0, 0.1) is 0 Å². The molecule has 1 heterocycles. The van der Waals surface area contributed by atoms with Crippen molar-refractivity contribution in [2.24, 2.45) is 0 Å². The Bertz CT molecular complexity index is 103. The summed E-state index contributed by atoms with van der Waals surface area (Å²) in [6.45, 7) is 8.09. The Hall–Kier alpha value is -0.500. The summed E-state index contributed by atoms with van der Waals surface area (Å²) in [7, 11) is 0. The van der Waals surface area contributed by atoms with Crippen LogP contribution in [-0.4, -0.2) is 18.1 Å². The van der Waals surface area contributed by atoms with Crippen LogP contribution in [0.3, 0.4) is 0 Å². The molecule has 0 amide bonds. The molecule has 52 valence electrons. The number of allylic oxidation sites excluding steroid dienone is 1. The summed E-state index contributed by atoms with van der Waals surface area (Å²) in [5.41, 5.74) is 4.37. The monoisotopic (exact) mass is 126 g/mol. The highest BCUT2D eigenvalue weighted by Gasteiger charge is 2.06. The van der Waals surface area contributed by atoms with Gasteiger partial charge in [0.2, 0.25) is 0 Å². The van der Waals surface area contributed by atoms with Gasteiger partial charge in [0.05, 0.1) is 0 Å². The fraction of sp³-hybridized carbons (Fsp3) is 0.714. The van der Waals surface area contributed by atoms with Crippen molar-refractivity contribution in [2.45, 2.75) is 19.8 Å². The lowest BCUT2D eigenvalue weighted by Crippen LogP contribution is -2.41. The molecule has 0 aromatic heterocycles. The lowest BCUT2D eigenvalue weighted by molar-refractivity contribution is 0.205. The first-order valence-electron chi connectivity index (χ1n) is 3.47. The van der Waals surface area contributed by atoms with E-state index in [0.29, 0.717) is 0 Å². The third-order valence-corrected chi connectivity index (χ3v) is 1.57. The van der Waals surface area contributed by atoms with Crippen molar-refractivity contribution in [3.8, 4) is 0 Å². The maximum Gasteiger partial charge on any atom is 0.0341 e. The van der Waals surface area contributed by atoms with Gasteiger partial charge in [0, 0.05) is 18.8 Å². The molecule has 0 saturated carbocycles. The van der Waals surface area contributed by atoms with Crippen molar-refractivity contribution in [3.05, 3.63) is 12.3 Å². The minimum atomic E-state index is 1.10. The van der Waals surface area contributed by atoms with Gasteiger partial charge in [-0.1, -0.05) is 6.58 Å². The number of rotatable bonds is 1. The molecule has 1 N–H and O–H groups in total. The van der Waals surface area contributed by atoms with Crippen LogP contribution in [0.15, 0.2) is 12.3 Å². The molecule has 0 bridgehead atoms. The Morgan fingerprint density at radius 2 is 2.33 bits per heavy atom. The Morgan fingerprint density at radius 3 is 2.67 bits per heavy atom. The van der Waals surface area contributed by atoms with E-state index in [4.69, 9.17) is 0 Å². The van der Waals surface area contributed by atoms with Crippen LogP contribution < -0.4 is 5.43 Å². The van der Waals surface area contributed by atoms with E-state index in [1.54, 1.807) is 0 Å². The molecular weight excluding hydrogens is 112 g/mol. The van der Waals surface area contributed by atoms with E-state index in [1.165, 1.54) is 12.8 Å². The van der Waals surface area contributed by atoms with Crippen molar-refractivity contribution in [2.75, 3.05) is 13.1 Å². The number of hydrazine groups is 1. The van der Waals surface area contributed by atoms with Gasteiger partial charge < -0.3 is 5.01 Å². The summed E-state index contributed by atoms with van der Waals surface area (Å²) in [6, 6.07) is 0. The Morgan fingerprint density at radius 1 is 1.56 bits per heavy atom. The van der Waals surface area contributed by atoms with Crippen LogP contribution in [0.1, 0.15) is 19.8 Å². The standard InChI is InChI=1S/C7H14N2/c1-7(2)9-6-4-3-5-8-9/h8H,1,3-6H2,2H3. The van der Waals surface area contributed by atoms with Gasteiger partial charge in [0.25, 0.3) is 0 Å². The van der Waals surface area contributed by atoms with E-state index in [2.05, 4.69) is 17.0 Å². The highest BCUT2D eigenvalue weighted by molar-refractivity contribution is 4.87. The second-order valence-corrected chi connectivity index (χ2v) is 2.50. The molecule has 0 atom stereocenters. The van der Waals surface area contributed by atoms with Gasteiger partial charge in [0.15, 0.2) is 0 Å². The zero-order valence-electron chi connectivity index (χ0n) is 5.98. The molecule has 0 aliphatic carbocycles. The second-order valence-electron chi connectivity index (χ2n) is 2.50. The lowest BCUT2D eigenvalue weighted by Gasteiger charge is -2.29. The first-order valence-corrected chi connectivity index (χ1v) is 3.47. The summed E-state index contributed by atoms with van der Waals surface area (Å²) < 4.78 is 0. The quantitative estimate of drug-likeness (QED) is 0.566. The van der Waals surface area contributed by atoms with E-state index >= 15 is 0 Å². The summed E-state index contributed by atoms with van der Waals surface area (Å²) in [5, 5.41) is 2.11. The van der Waals surface area contributed by atoms with Crippen molar-refractivity contribution in [1.82, 2.24) is 10.4 Å². The highest BCUT2D eigenvalue weighted by atomic mass is 15.5. The number of nitrogens with one attached hydrogen (secondary N) is 1. The van der Waals surface area contributed by atoms with Gasteiger partial charge in [0.1, 0.15) is 0 Å². The van der Waals surface area contributed by atoms with E-state index in [1.807, 2.05) is 6.92 Å². The Balaban J connectivity index is 2.31. The van der Waals surface area contributed by atoms with E-state index < -0.39 is 0 Å². The molecule has 0 aromatic carbocycles. The molecule has 0 unspecified atom stereocenters. The fourth-order valence-corrected chi connectivity index (χ4v) is 1.01. The number of nitrogens with zero attached hydrogens (tertiary/aromatic N) is 1. The maximum absolute atomic E-state index is 3.84.